The van der Waals surface area contributed by atoms with E-state index >= 15 is 0 Å². The topological polar surface area (TPSA) is 57.5 Å². The average Bonchev–Trinajstić information content (AvgIpc) is 2.16. The third-order valence-electron chi connectivity index (χ3n) is 1.21. The van der Waals surface area contributed by atoms with Crippen LogP contribution in [0.2, 0.25) is 0 Å². The Balaban J connectivity index is 3.46. The highest BCUT2D eigenvalue weighted by molar-refractivity contribution is 5.79. The molecule has 0 rings (SSSR count). The van der Waals surface area contributed by atoms with Gasteiger partial charge in [0.05, 0.1) is 6.42 Å². The van der Waals surface area contributed by atoms with Crippen LogP contribution in [0, 0.1) is 23.7 Å². The zero-order valence-electron chi connectivity index (χ0n) is 7.34. The molecule has 0 aliphatic carbocycles. The molecule has 0 spiro atoms. The van der Waals surface area contributed by atoms with Gasteiger partial charge >= 0.3 is 0 Å². The van der Waals surface area contributed by atoms with Crippen molar-refractivity contribution >= 4 is 5.78 Å². The second kappa shape index (κ2) is 8.80. The van der Waals surface area contributed by atoms with Gasteiger partial charge in [0.15, 0.2) is 5.78 Å². The minimum absolute atomic E-state index is 0.148. The Bertz CT molecular complexity index is 259. The lowest BCUT2D eigenvalue weighted by atomic mass is 10.2. The summed E-state index contributed by atoms with van der Waals surface area (Å²) < 4.78 is 0. The van der Waals surface area contributed by atoms with E-state index in [4.69, 9.17) is 10.2 Å². The van der Waals surface area contributed by atoms with Crippen LogP contribution in [-0.4, -0.2) is 29.2 Å². The maximum Gasteiger partial charge on any atom is 0.159 e. The fourth-order valence-electron chi connectivity index (χ4n) is 0.594. The predicted octanol–water partition coefficient (Wildman–Crippen LogP) is -0.283. The van der Waals surface area contributed by atoms with Gasteiger partial charge < -0.3 is 10.2 Å². The molecule has 2 N–H and O–H groups in total. The van der Waals surface area contributed by atoms with E-state index in [1.807, 2.05) is 0 Å². The molecule has 0 fully saturated rings. The molecule has 0 amide bonds. The molecule has 70 valence electrons. The number of carbonyl (C=O) groups excluding carboxylic acids is 1. The van der Waals surface area contributed by atoms with Crippen LogP contribution < -0.4 is 0 Å². The van der Waals surface area contributed by atoms with Crippen molar-refractivity contribution in [2.75, 3.05) is 13.2 Å². The third-order valence-corrected chi connectivity index (χ3v) is 1.21. The van der Waals surface area contributed by atoms with Crippen LogP contribution >= 0.6 is 0 Å². The minimum atomic E-state index is -0.411. The normalized spacial score (nSPS) is 7.85. The number of hydrogen-bond acceptors (Lipinski definition) is 3. The lowest BCUT2D eigenvalue weighted by molar-refractivity contribution is -0.121. The Morgan fingerprint density at radius 2 is 1.77 bits per heavy atom. The number of carbonyl (C=O) groups is 1. The molecule has 3 nitrogen and oxygen atoms in total. The summed E-state index contributed by atoms with van der Waals surface area (Å²) in [5.41, 5.74) is 0. The van der Waals surface area contributed by atoms with Gasteiger partial charge in [-0.25, -0.2) is 0 Å². The van der Waals surface area contributed by atoms with E-state index in [1.165, 1.54) is 0 Å². The molecule has 0 radical (unpaired) electrons. The van der Waals surface area contributed by atoms with Crippen molar-refractivity contribution in [2.45, 2.75) is 19.3 Å². The number of ketones is 1. The van der Waals surface area contributed by atoms with Crippen molar-refractivity contribution in [1.29, 1.82) is 0 Å². The van der Waals surface area contributed by atoms with Crippen molar-refractivity contribution in [3.05, 3.63) is 0 Å². The lowest BCUT2D eigenvalue weighted by Gasteiger charge is -1.87. The van der Waals surface area contributed by atoms with Crippen molar-refractivity contribution in [2.24, 2.45) is 0 Å². The highest BCUT2D eigenvalue weighted by atomic mass is 16.3. The smallest absolute Gasteiger partial charge is 0.159 e. The lowest BCUT2D eigenvalue weighted by Crippen LogP contribution is -2.01. The first-order chi connectivity index (χ1) is 6.31. The summed E-state index contributed by atoms with van der Waals surface area (Å²) in [6.45, 7) is -0.559. The number of rotatable bonds is 3. The molecule has 0 aromatic heterocycles. The number of aliphatic hydroxyl groups excluding tert-OH is 2. The van der Waals surface area contributed by atoms with Crippen LogP contribution in [-0.2, 0) is 4.79 Å². The van der Waals surface area contributed by atoms with Crippen LogP contribution in [0.25, 0.3) is 0 Å². The van der Waals surface area contributed by atoms with E-state index in [1.54, 1.807) is 0 Å². The maximum absolute atomic E-state index is 10.6. The van der Waals surface area contributed by atoms with Gasteiger partial charge in [0, 0.05) is 12.8 Å². The number of hydrogen-bond donors (Lipinski definition) is 2. The van der Waals surface area contributed by atoms with Gasteiger partial charge in [-0.15, -0.1) is 5.92 Å². The van der Waals surface area contributed by atoms with Crippen molar-refractivity contribution in [3.8, 4) is 23.7 Å². The molecule has 13 heavy (non-hydrogen) atoms. The summed E-state index contributed by atoms with van der Waals surface area (Å²) in [5, 5.41) is 16.6. The standard InChI is InChI=1S/C10H12O3/c11-8-6-4-2-1-3-5-7-10(13)9-12/h11-12H,2,5,7-9H2. The van der Waals surface area contributed by atoms with Gasteiger partial charge in [0.25, 0.3) is 0 Å². The molecule has 0 bridgehead atoms. The van der Waals surface area contributed by atoms with Crippen LogP contribution in [0.1, 0.15) is 19.3 Å². The van der Waals surface area contributed by atoms with Crippen LogP contribution in [0.15, 0.2) is 0 Å². The highest BCUT2D eigenvalue weighted by Gasteiger charge is 1.94. The Labute approximate surface area is 77.8 Å². The molecule has 0 saturated heterocycles. The van der Waals surface area contributed by atoms with Gasteiger partial charge in [0.2, 0.25) is 0 Å². The molecule has 0 aromatic carbocycles. The molecule has 0 aliphatic rings. The van der Waals surface area contributed by atoms with Gasteiger partial charge in [-0.2, -0.15) is 0 Å². The summed E-state index contributed by atoms with van der Waals surface area (Å²) in [6.07, 6.45) is 1.16. The molecule has 3 heteroatoms. The molecule has 0 unspecified atom stereocenters. The predicted molar refractivity (Wildman–Crippen MR) is 48.6 cm³/mol. The number of Topliss-reactive ketones (excluding diaryl/α,β-unsaturated/α-hetero) is 1. The van der Waals surface area contributed by atoms with Crippen molar-refractivity contribution < 1.29 is 15.0 Å². The Morgan fingerprint density at radius 1 is 1.08 bits per heavy atom. The third kappa shape index (κ3) is 8.62. The molecule has 0 atom stereocenters. The molecular weight excluding hydrogens is 168 g/mol. The summed E-state index contributed by atoms with van der Waals surface area (Å²) in [4.78, 5) is 10.6. The van der Waals surface area contributed by atoms with E-state index in [2.05, 4.69) is 23.7 Å². The quantitative estimate of drug-likeness (QED) is 0.587. The first-order valence-corrected chi connectivity index (χ1v) is 3.96. The second-order valence-corrected chi connectivity index (χ2v) is 2.24. The SMILES string of the molecule is O=C(CO)CCC#CCC#CCO. The first kappa shape index (κ1) is 11.7. The van der Waals surface area contributed by atoms with E-state index in [0.717, 1.165) is 0 Å². The summed E-state index contributed by atoms with van der Waals surface area (Å²) in [6, 6.07) is 0. The Hall–Kier alpha value is -1.29. The Kier molecular flexibility index (Phi) is 7.93. The van der Waals surface area contributed by atoms with Crippen LogP contribution in [0.3, 0.4) is 0 Å². The molecule has 0 aliphatic heterocycles. The van der Waals surface area contributed by atoms with Gasteiger partial charge in [-0.1, -0.05) is 17.8 Å². The zero-order valence-corrected chi connectivity index (χ0v) is 7.34. The average molecular weight is 180 g/mol. The maximum atomic E-state index is 10.6. The summed E-state index contributed by atoms with van der Waals surface area (Å²) >= 11 is 0. The van der Waals surface area contributed by atoms with Gasteiger partial charge in [-0.05, 0) is 0 Å². The number of aliphatic hydroxyl groups is 2. The van der Waals surface area contributed by atoms with E-state index in [9.17, 15) is 4.79 Å². The Morgan fingerprint density at radius 3 is 2.38 bits per heavy atom. The van der Waals surface area contributed by atoms with E-state index < -0.39 is 6.61 Å². The fourth-order valence-corrected chi connectivity index (χ4v) is 0.594. The van der Waals surface area contributed by atoms with Gasteiger partial charge in [0.1, 0.15) is 13.2 Å². The van der Waals surface area contributed by atoms with Crippen LogP contribution in [0.5, 0.6) is 0 Å². The molecule has 0 saturated carbocycles. The molecule has 0 aromatic rings. The zero-order chi connectivity index (χ0) is 9.94. The first-order valence-electron chi connectivity index (χ1n) is 3.96. The van der Waals surface area contributed by atoms with Gasteiger partial charge in [-0.3, -0.25) is 4.79 Å². The van der Waals surface area contributed by atoms with Crippen molar-refractivity contribution in [1.82, 2.24) is 0 Å². The summed E-state index contributed by atoms with van der Waals surface area (Å²) in [7, 11) is 0. The highest BCUT2D eigenvalue weighted by Crippen LogP contribution is 1.87. The summed E-state index contributed by atoms with van der Waals surface area (Å²) in [5.74, 6) is 10.4. The largest absolute Gasteiger partial charge is 0.389 e. The van der Waals surface area contributed by atoms with Crippen molar-refractivity contribution in [3.63, 3.8) is 0 Å². The van der Waals surface area contributed by atoms with E-state index in [-0.39, 0.29) is 18.8 Å². The van der Waals surface area contributed by atoms with Crippen LogP contribution in [0.4, 0.5) is 0 Å². The second-order valence-electron chi connectivity index (χ2n) is 2.24. The fraction of sp³-hybridized carbons (Fsp3) is 0.500. The minimum Gasteiger partial charge on any atom is -0.389 e. The molecule has 0 heterocycles. The van der Waals surface area contributed by atoms with E-state index in [0.29, 0.717) is 12.8 Å². The molecular formula is C10H12O3. The monoisotopic (exact) mass is 180 g/mol.